The minimum absolute atomic E-state index is 0.0360. The molecule has 0 radical (unpaired) electrons. The van der Waals surface area contributed by atoms with Crippen LogP contribution in [0.5, 0.6) is 0 Å². The Morgan fingerprint density at radius 1 is 1.14 bits per heavy atom. The first-order valence-electron chi connectivity index (χ1n) is 12.2. The number of halogens is 2. The normalized spacial score (nSPS) is 22.4. The number of nitrogens with zero attached hydrogens (tertiary/aromatic N) is 6. The first kappa shape index (κ1) is 23.5. The number of rotatable bonds is 4. The van der Waals surface area contributed by atoms with Gasteiger partial charge in [0.1, 0.15) is 11.7 Å². The highest BCUT2D eigenvalue weighted by molar-refractivity contribution is 6.42. The van der Waals surface area contributed by atoms with E-state index in [1.807, 2.05) is 25.5 Å². The Kier molecular flexibility index (Phi) is 5.60. The summed E-state index contributed by atoms with van der Waals surface area (Å²) in [5.41, 5.74) is 2.63. The van der Waals surface area contributed by atoms with Gasteiger partial charge in [0.25, 0.3) is 11.8 Å². The van der Waals surface area contributed by atoms with Crippen LogP contribution >= 0.6 is 23.2 Å². The highest BCUT2D eigenvalue weighted by atomic mass is 35.5. The number of amides is 2. The Balaban J connectivity index is 1.31. The van der Waals surface area contributed by atoms with Crippen LogP contribution in [0.2, 0.25) is 10.0 Å². The van der Waals surface area contributed by atoms with Crippen molar-refractivity contribution in [3.05, 3.63) is 62.5 Å². The van der Waals surface area contributed by atoms with Gasteiger partial charge in [-0.15, -0.1) is 10.2 Å². The number of hydrogen-bond acceptors (Lipinski definition) is 6. The number of carbonyl (C=O) groups excluding carboxylic acids is 2. The van der Waals surface area contributed by atoms with Crippen molar-refractivity contribution in [3.63, 3.8) is 0 Å². The standard InChI is InChI=1S/C25H26Cl2N6O3/c1-12-8-20-17(11-31(12)24(34)16-6-7-18(26)19(27)9-16)21-25(35)32(10-13(2)33(21)30-20)14(3)22-28-29-23(36-22)15-4-5-15/h6-7,9,12-15H,4-5,8,10-11H2,1-3H3/t12-,13-,14?/m1/s1. The van der Waals surface area contributed by atoms with Gasteiger partial charge >= 0.3 is 0 Å². The van der Waals surface area contributed by atoms with Crippen LogP contribution in [0.15, 0.2) is 22.6 Å². The van der Waals surface area contributed by atoms with Crippen LogP contribution in [-0.4, -0.2) is 54.2 Å². The van der Waals surface area contributed by atoms with E-state index in [4.69, 9.17) is 32.7 Å². The fourth-order valence-corrected chi connectivity index (χ4v) is 5.43. The summed E-state index contributed by atoms with van der Waals surface area (Å²) in [7, 11) is 0. The Morgan fingerprint density at radius 3 is 2.64 bits per heavy atom. The zero-order chi connectivity index (χ0) is 25.3. The van der Waals surface area contributed by atoms with Crippen molar-refractivity contribution in [3.8, 4) is 0 Å². The molecule has 11 heteroatoms. The van der Waals surface area contributed by atoms with Crippen molar-refractivity contribution in [2.75, 3.05) is 6.54 Å². The molecule has 2 amide bonds. The van der Waals surface area contributed by atoms with Crippen molar-refractivity contribution < 1.29 is 14.0 Å². The molecule has 0 N–H and O–H groups in total. The van der Waals surface area contributed by atoms with Crippen LogP contribution in [0, 0.1) is 0 Å². The van der Waals surface area contributed by atoms with E-state index in [1.165, 1.54) is 0 Å². The second-order valence-electron chi connectivity index (χ2n) is 10.1. The third-order valence-corrected chi connectivity index (χ3v) is 8.16. The van der Waals surface area contributed by atoms with E-state index >= 15 is 0 Å². The molecule has 4 heterocycles. The van der Waals surface area contributed by atoms with Gasteiger partial charge in [0.2, 0.25) is 11.8 Å². The van der Waals surface area contributed by atoms with Gasteiger partial charge in [0.15, 0.2) is 0 Å². The predicted molar refractivity (Wildman–Crippen MR) is 132 cm³/mol. The maximum absolute atomic E-state index is 13.8. The molecule has 1 unspecified atom stereocenters. The minimum atomic E-state index is -0.365. The van der Waals surface area contributed by atoms with Crippen LogP contribution in [0.25, 0.3) is 0 Å². The minimum Gasteiger partial charge on any atom is -0.423 e. The molecule has 1 fully saturated rings. The third-order valence-electron chi connectivity index (χ3n) is 7.42. The van der Waals surface area contributed by atoms with E-state index in [-0.39, 0.29) is 36.5 Å². The number of aromatic nitrogens is 4. The summed E-state index contributed by atoms with van der Waals surface area (Å²) in [5.74, 6) is 1.15. The summed E-state index contributed by atoms with van der Waals surface area (Å²) in [4.78, 5) is 30.8. The van der Waals surface area contributed by atoms with Gasteiger partial charge in [0.05, 0.1) is 28.3 Å². The van der Waals surface area contributed by atoms with Crippen LogP contribution in [-0.2, 0) is 13.0 Å². The van der Waals surface area contributed by atoms with E-state index in [0.717, 1.165) is 24.1 Å². The third kappa shape index (κ3) is 3.80. The number of hydrogen-bond donors (Lipinski definition) is 0. The summed E-state index contributed by atoms with van der Waals surface area (Å²) < 4.78 is 7.73. The summed E-state index contributed by atoms with van der Waals surface area (Å²) in [6, 6.07) is 4.38. The number of benzene rings is 1. The molecule has 6 rings (SSSR count). The van der Waals surface area contributed by atoms with Crippen molar-refractivity contribution in [2.45, 2.75) is 70.6 Å². The van der Waals surface area contributed by atoms with Crippen LogP contribution in [0.1, 0.15) is 95.5 Å². The lowest BCUT2D eigenvalue weighted by Crippen LogP contribution is -2.45. The first-order chi connectivity index (χ1) is 17.2. The van der Waals surface area contributed by atoms with Gasteiger partial charge < -0.3 is 14.2 Å². The van der Waals surface area contributed by atoms with Crippen molar-refractivity contribution >= 4 is 35.0 Å². The van der Waals surface area contributed by atoms with Crippen molar-refractivity contribution in [1.29, 1.82) is 0 Å². The van der Waals surface area contributed by atoms with Crippen LogP contribution < -0.4 is 0 Å². The highest BCUT2D eigenvalue weighted by Crippen LogP contribution is 2.40. The summed E-state index contributed by atoms with van der Waals surface area (Å²) in [5, 5.41) is 13.9. The maximum atomic E-state index is 13.8. The molecule has 3 atom stereocenters. The van der Waals surface area contributed by atoms with Crippen molar-refractivity contribution in [1.82, 2.24) is 29.8 Å². The molecule has 3 aliphatic rings. The van der Waals surface area contributed by atoms with Crippen molar-refractivity contribution in [2.24, 2.45) is 0 Å². The van der Waals surface area contributed by atoms with E-state index in [9.17, 15) is 9.59 Å². The largest absolute Gasteiger partial charge is 0.423 e. The second-order valence-corrected chi connectivity index (χ2v) is 10.9. The molecule has 2 aromatic heterocycles. The maximum Gasteiger partial charge on any atom is 0.273 e. The lowest BCUT2D eigenvalue weighted by molar-refractivity contribution is 0.0546. The molecule has 188 valence electrons. The Morgan fingerprint density at radius 2 is 1.92 bits per heavy atom. The Hall–Kier alpha value is -2.91. The van der Waals surface area contributed by atoms with Gasteiger partial charge in [-0.25, -0.2) is 0 Å². The Bertz CT molecular complexity index is 1380. The van der Waals surface area contributed by atoms with Gasteiger partial charge in [0, 0.05) is 36.1 Å². The summed E-state index contributed by atoms with van der Waals surface area (Å²) >= 11 is 12.2. The quantitative estimate of drug-likeness (QED) is 0.481. The molecule has 1 aliphatic carbocycles. The van der Waals surface area contributed by atoms with Gasteiger partial charge in [-0.2, -0.15) is 5.10 Å². The van der Waals surface area contributed by atoms with E-state index in [1.54, 1.807) is 28.0 Å². The molecule has 9 nitrogen and oxygen atoms in total. The zero-order valence-corrected chi connectivity index (χ0v) is 21.8. The first-order valence-corrected chi connectivity index (χ1v) is 13.0. The van der Waals surface area contributed by atoms with Crippen LogP contribution in [0.4, 0.5) is 0 Å². The molecule has 2 aliphatic heterocycles. The van der Waals surface area contributed by atoms with E-state index in [2.05, 4.69) is 10.2 Å². The predicted octanol–water partition coefficient (Wildman–Crippen LogP) is 4.82. The van der Waals surface area contributed by atoms with E-state index in [0.29, 0.717) is 52.0 Å². The molecule has 1 aromatic carbocycles. The molecule has 0 spiro atoms. The molecule has 1 saturated carbocycles. The molecular weight excluding hydrogens is 503 g/mol. The van der Waals surface area contributed by atoms with Crippen LogP contribution in [0.3, 0.4) is 0 Å². The molecule has 36 heavy (non-hydrogen) atoms. The molecular formula is C25H26Cl2N6O3. The molecule has 0 bridgehead atoms. The van der Waals surface area contributed by atoms with Gasteiger partial charge in [-0.05, 0) is 51.8 Å². The second kappa shape index (κ2) is 8.59. The topological polar surface area (TPSA) is 97.4 Å². The monoisotopic (exact) mass is 528 g/mol. The average Bonchev–Trinajstić information content (AvgIpc) is 3.46. The fraction of sp³-hybridized carbons (Fsp3) is 0.480. The number of fused-ring (bicyclic) bond motifs is 3. The number of carbonyl (C=O) groups is 2. The summed E-state index contributed by atoms with van der Waals surface area (Å²) in [6.07, 6.45) is 2.69. The molecule has 0 saturated heterocycles. The smallest absolute Gasteiger partial charge is 0.273 e. The molecule has 3 aromatic rings. The van der Waals surface area contributed by atoms with E-state index < -0.39 is 0 Å². The average molecular weight is 529 g/mol. The summed E-state index contributed by atoms with van der Waals surface area (Å²) in [6.45, 7) is 6.71. The zero-order valence-electron chi connectivity index (χ0n) is 20.2. The highest BCUT2D eigenvalue weighted by Gasteiger charge is 2.42. The SMILES string of the molecule is CC(c1nnc(C2CC2)o1)N1C[C@@H](C)n2nc3c(c2C1=O)CN(C(=O)c1ccc(Cl)c(Cl)c1)[C@H](C)C3. The lowest BCUT2D eigenvalue weighted by atomic mass is 9.97. The van der Waals surface area contributed by atoms with Gasteiger partial charge in [-0.1, -0.05) is 23.2 Å². The lowest BCUT2D eigenvalue weighted by Gasteiger charge is -2.36. The Labute approximate surface area is 218 Å². The fourth-order valence-electron chi connectivity index (χ4n) is 5.13. The van der Waals surface area contributed by atoms with Gasteiger partial charge in [-0.3, -0.25) is 14.3 Å².